The summed E-state index contributed by atoms with van der Waals surface area (Å²) in [4.78, 5) is 38.9. The van der Waals surface area contributed by atoms with Gasteiger partial charge in [-0.05, 0) is 90.1 Å². The normalized spacial score (nSPS) is 16.3. The molecule has 0 unspecified atom stereocenters. The van der Waals surface area contributed by atoms with Crippen LogP contribution < -0.4 is 0 Å². The third-order valence-corrected chi connectivity index (χ3v) is 8.99. The van der Waals surface area contributed by atoms with Gasteiger partial charge < -0.3 is 19.1 Å². The summed E-state index contributed by atoms with van der Waals surface area (Å²) in [6, 6.07) is 0. The topological polar surface area (TPSA) is 82.1 Å². The Kier molecular flexibility index (Phi) is 27.3. The van der Waals surface area contributed by atoms with Gasteiger partial charge in [-0.15, -0.1) is 0 Å². The Morgan fingerprint density at radius 1 is 0.617 bits per heavy atom. The summed E-state index contributed by atoms with van der Waals surface area (Å²) >= 11 is 0. The lowest BCUT2D eigenvalue weighted by molar-refractivity contribution is -0.152. The lowest BCUT2D eigenvalue weighted by Gasteiger charge is -2.36. The van der Waals surface area contributed by atoms with Gasteiger partial charge in [-0.25, -0.2) is 0 Å². The van der Waals surface area contributed by atoms with Gasteiger partial charge >= 0.3 is 17.9 Å². The van der Waals surface area contributed by atoms with Crippen molar-refractivity contribution in [3.63, 3.8) is 0 Å². The number of rotatable bonds is 31. The highest BCUT2D eigenvalue weighted by molar-refractivity contribution is 5.70. The highest BCUT2D eigenvalue weighted by atomic mass is 16.5. The molecule has 0 atom stereocenters. The average molecular weight is 662 g/mol. The van der Waals surface area contributed by atoms with Crippen molar-refractivity contribution in [3.8, 4) is 0 Å². The minimum Gasteiger partial charge on any atom is -0.462 e. The Morgan fingerprint density at radius 2 is 1.09 bits per heavy atom. The molecule has 7 nitrogen and oxygen atoms in total. The molecule has 1 saturated carbocycles. The Labute approximate surface area is 288 Å². The van der Waals surface area contributed by atoms with Gasteiger partial charge in [0.2, 0.25) is 0 Å². The molecule has 7 heteroatoms. The van der Waals surface area contributed by atoms with E-state index in [4.69, 9.17) is 14.2 Å². The highest BCUT2D eigenvalue weighted by Crippen LogP contribution is 2.36. The summed E-state index contributed by atoms with van der Waals surface area (Å²) in [6.45, 7) is 6.20. The second-order valence-electron chi connectivity index (χ2n) is 14.0. The second-order valence-corrected chi connectivity index (χ2v) is 14.0. The summed E-state index contributed by atoms with van der Waals surface area (Å²) in [5.41, 5.74) is 0. The van der Waals surface area contributed by atoms with Gasteiger partial charge in [0.25, 0.3) is 0 Å². The number of esters is 3. The molecule has 47 heavy (non-hydrogen) atoms. The summed E-state index contributed by atoms with van der Waals surface area (Å²) in [5, 5.41) is 0. The van der Waals surface area contributed by atoms with Crippen LogP contribution in [0.25, 0.3) is 0 Å². The van der Waals surface area contributed by atoms with Crippen molar-refractivity contribution in [3.05, 3.63) is 24.3 Å². The number of carbonyl (C=O) groups excluding carboxylic acids is 3. The molecule has 1 rings (SSSR count). The Bertz CT molecular complexity index is 800. The minimum absolute atomic E-state index is 0.0131. The van der Waals surface area contributed by atoms with Crippen LogP contribution in [0.3, 0.4) is 0 Å². The minimum atomic E-state index is -0.109. The molecule has 0 spiro atoms. The van der Waals surface area contributed by atoms with Crippen molar-refractivity contribution in [1.82, 2.24) is 4.90 Å². The molecule has 0 heterocycles. The SMILES string of the molecule is CCCC/C=C\COC(=O)CCCCCCCC(CCCCCCCC(=O)OC/C=C\CCCC)OC(=O)CC1CC(CN(C)C)C1. The van der Waals surface area contributed by atoms with E-state index in [1.165, 1.54) is 25.7 Å². The first-order chi connectivity index (χ1) is 22.8. The van der Waals surface area contributed by atoms with E-state index in [0.717, 1.165) is 109 Å². The first kappa shape index (κ1) is 42.9. The van der Waals surface area contributed by atoms with E-state index in [2.05, 4.69) is 45.0 Å². The first-order valence-corrected chi connectivity index (χ1v) is 19.3. The monoisotopic (exact) mass is 662 g/mol. The smallest absolute Gasteiger partial charge is 0.306 e. The second kappa shape index (κ2) is 29.9. The molecule has 0 N–H and O–H groups in total. The number of ether oxygens (including phenoxy) is 3. The molecule has 0 amide bonds. The zero-order chi connectivity index (χ0) is 34.4. The van der Waals surface area contributed by atoms with E-state index < -0.39 is 0 Å². The summed E-state index contributed by atoms with van der Waals surface area (Å²) in [7, 11) is 4.22. The van der Waals surface area contributed by atoms with Crippen molar-refractivity contribution in [2.45, 2.75) is 168 Å². The van der Waals surface area contributed by atoms with Crippen molar-refractivity contribution in [1.29, 1.82) is 0 Å². The Balaban J connectivity index is 2.26. The van der Waals surface area contributed by atoms with Crippen LogP contribution in [0.1, 0.15) is 162 Å². The van der Waals surface area contributed by atoms with E-state index >= 15 is 0 Å². The third kappa shape index (κ3) is 26.5. The summed E-state index contributed by atoms with van der Waals surface area (Å²) < 4.78 is 16.6. The van der Waals surface area contributed by atoms with Crippen LogP contribution in [-0.4, -0.2) is 62.8 Å². The molecule has 0 aliphatic heterocycles. The maximum Gasteiger partial charge on any atom is 0.306 e. The van der Waals surface area contributed by atoms with Crippen molar-refractivity contribution >= 4 is 17.9 Å². The number of nitrogens with zero attached hydrogens (tertiary/aromatic N) is 1. The Hall–Kier alpha value is -2.15. The van der Waals surface area contributed by atoms with Gasteiger partial charge in [-0.2, -0.15) is 0 Å². The van der Waals surface area contributed by atoms with Gasteiger partial charge in [-0.1, -0.05) is 102 Å². The number of hydrogen-bond acceptors (Lipinski definition) is 7. The molecular weight excluding hydrogens is 590 g/mol. The van der Waals surface area contributed by atoms with Gasteiger partial charge in [0.1, 0.15) is 19.3 Å². The zero-order valence-corrected chi connectivity index (χ0v) is 30.8. The number of allylic oxidation sites excluding steroid dienone is 2. The molecule has 0 aromatic carbocycles. The van der Waals surface area contributed by atoms with Crippen molar-refractivity contribution in [2.24, 2.45) is 11.8 Å². The maximum atomic E-state index is 12.8. The highest BCUT2D eigenvalue weighted by Gasteiger charge is 2.31. The van der Waals surface area contributed by atoms with Crippen molar-refractivity contribution in [2.75, 3.05) is 33.9 Å². The largest absolute Gasteiger partial charge is 0.462 e. The van der Waals surface area contributed by atoms with Crippen LogP contribution in [0, 0.1) is 11.8 Å². The number of carbonyl (C=O) groups is 3. The predicted molar refractivity (Wildman–Crippen MR) is 193 cm³/mol. The van der Waals surface area contributed by atoms with Crippen LogP contribution in [0.5, 0.6) is 0 Å². The van der Waals surface area contributed by atoms with E-state index in [0.29, 0.717) is 44.3 Å². The van der Waals surface area contributed by atoms with Gasteiger partial charge in [0, 0.05) is 25.8 Å². The van der Waals surface area contributed by atoms with E-state index in [1.54, 1.807) is 0 Å². The number of unbranched alkanes of at least 4 members (excludes halogenated alkanes) is 12. The molecule has 1 aliphatic carbocycles. The fourth-order valence-corrected chi connectivity index (χ4v) is 6.22. The molecule has 0 radical (unpaired) electrons. The van der Waals surface area contributed by atoms with Gasteiger partial charge in [0.15, 0.2) is 0 Å². The summed E-state index contributed by atoms with van der Waals surface area (Å²) in [5.74, 6) is 0.938. The fourth-order valence-electron chi connectivity index (χ4n) is 6.22. The van der Waals surface area contributed by atoms with Crippen LogP contribution in [0.2, 0.25) is 0 Å². The third-order valence-electron chi connectivity index (χ3n) is 8.99. The van der Waals surface area contributed by atoms with Crippen LogP contribution in [-0.2, 0) is 28.6 Å². The Morgan fingerprint density at radius 3 is 1.55 bits per heavy atom. The van der Waals surface area contributed by atoms with E-state index in [-0.39, 0.29) is 24.0 Å². The standard InChI is InChI=1S/C40H71NO6/c1-5-7-9-17-23-29-45-38(42)27-21-15-11-13-19-25-37(47-40(44)33-35-31-36(32-35)34-41(3)4)26-20-14-12-16-22-28-39(43)46-30-24-18-10-8-6-2/h17-18,23-24,35-37H,5-16,19-22,25-34H2,1-4H3/b23-17-,24-18-. The fraction of sp³-hybridized carbons (Fsp3) is 0.825. The summed E-state index contributed by atoms with van der Waals surface area (Å²) in [6.07, 6.45) is 30.6. The zero-order valence-electron chi connectivity index (χ0n) is 30.8. The van der Waals surface area contributed by atoms with Crippen LogP contribution in [0.15, 0.2) is 24.3 Å². The van der Waals surface area contributed by atoms with Crippen molar-refractivity contribution < 1.29 is 28.6 Å². The lowest BCUT2D eigenvalue weighted by Crippen LogP contribution is -2.34. The molecule has 1 aliphatic rings. The maximum absolute atomic E-state index is 12.8. The van der Waals surface area contributed by atoms with Crippen LogP contribution >= 0.6 is 0 Å². The molecule has 0 saturated heterocycles. The van der Waals surface area contributed by atoms with E-state index in [9.17, 15) is 14.4 Å². The molecule has 1 fully saturated rings. The first-order valence-electron chi connectivity index (χ1n) is 19.3. The van der Waals surface area contributed by atoms with Crippen LogP contribution in [0.4, 0.5) is 0 Å². The molecular formula is C40H71NO6. The predicted octanol–water partition coefficient (Wildman–Crippen LogP) is 9.92. The molecule has 0 aromatic rings. The molecule has 0 aromatic heterocycles. The molecule has 0 bridgehead atoms. The number of hydrogen-bond donors (Lipinski definition) is 0. The molecule has 272 valence electrons. The lowest BCUT2D eigenvalue weighted by atomic mass is 9.73. The van der Waals surface area contributed by atoms with Gasteiger partial charge in [-0.3, -0.25) is 14.4 Å². The average Bonchev–Trinajstić information content (AvgIpc) is 3.02. The van der Waals surface area contributed by atoms with Gasteiger partial charge in [0.05, 0.1) is 0 Å². The quantitative estimate of drug-likeness (QED) is 0.0317. The van der Waals surface area contributed by atoms with E-state index in [1.807, 2.05) is 12.2 Å².